The van der Waals surface area contributed by atoms with E-state index in [2.05, 4.69) is 13.8 Å². The molecule has 0 N–H and O–H groups in total. The highest BCUT2D eigenvalue weighted by molar-refractivity contribution is 5.79. The van der Waals surface area contributed by atoms with Crippen LogP contribution in [0.25, 0.3) is 0 Å². The van der Waals surface area contributed by atoms with Crippen LogP contribution in [-0.4, -0.2) is 12.0 Å². The van der Waals surface area contributed by atoms with Gasteiger partial charge in [0.15, 0.2) is 0 Å². The Balaban J connectivity index is 1.64. The molecule has 0 spiro atoms. The van der Waals surface area contributed by atoms with Crippen LogP contribution in [0, 0.1) is 34.5 Å². The molecule has 0 aromatic heterocycles. The van der Waals surface area contributed by atoms with Gasteiger partial charge in [0.1, 0.15) is 12.0 Å². The molecule has 1 nitrogen and oxygen atoms in total. The standard InChI is InChI=1S/C19H29FO/c1-18-9-7-13(21)11-12(18)3-4-14-15-5-6-17(20)19(15,2)10-8-16(14)18/h12,14-17H,3-11H2,1-2H3/t12-,14-,15-,16-,17+,18-,19+/m0/s1. The van der Waals surface area contributed by atoms with Crippen molar-refractivity contribution in [2.75, 3.05) is 0 Å². The van der Waals surface area contributed by atoms with Crippen molar-refractivity contribution in [2.45, 2.75) is 77.8 Å². The number of ketones is 1. The second-order valence-electron chi connectivity index (χ2n) is 8.99. The summed E-state index contributed by atoms with van der Waals surface area (Å²) in [5, 5.41) is 0. The number of hydrogen-bond acceptors (Lipinski definition) is 1. The Morgan fingerprint density at radius 2 is 1.71 bits per heavy atom. The summed E-state index contributed by atoms with van der Waals surface area (Å²) < 4.78 is 14.4. The van der Waals surface area contributed by atoms with Crippen molar-refractivity contribution < 1.29 is 9.18 Å². The van der Waals surface area contributed by atoms with E-state index in [1.165, 1.54) is 19.3 Å². The van der Waals surface area contributed by atoms with E-state index in [0.29, 0.717) is 23.0 Å². The summed E-state index contributed by atoms with van der Waals surface area (Å²) in [7, 11) is 0. The van der Waals surface area contributed by atoms with E-state index < -0.39 is 6.17 Å². The molecule has 4 aliphatic carbocycles. The molecule has 2 heteroatoms. The second kappa shape index (κ2) is 4.55. The maximum absolute atomic E-state index is 14.4. The molecule has 7 atom stereocenters. The molecule has 4 fully saturated rings. The Kier molecular flexibility index (Phi) is 3.08. The Hall–Kier alpha value is -0.400. The monoisotopic (exact) mass is 292 g/mol. The maximum Gasteiger partial charge on any atom is 0.133 e. The molecule has 21 heavy (non-hydrogen) atoms. The van der Waals surface area contributed by atoms with Crippen LogP contribution in [0.2, 0.25) is 0 Å². The summed E-state index contributed by atoms with van der Waals surface area (Å²) in [6.45, 7) is 4.69. The summed E-state index contributed by atoms with van der Waals surface area (Å²) in [6.07, 6.45) is 8.81. The van der Waals surface area contributed by atoms with Crippen molar-refractivity contribution in [1.82, 2.24) is 0 Å². The average molecular weight is 292 g/mol. The van der Waals surface area contributed by atoms with Crippen LogP contribution in [0.15, 0.2) is 0 Å². The zero-order valence-electron chi connectivity index (χ0n) is 13.5. The first-order valence-electron chi connectivity index (χ1n) is 9.11. The zero-order valence-corrected chi connectivity index (χ0v) is 13.5. The number of hydrogen-bond donors (Lipinski definition) is 0. The van der Waals surface area contributed by atoms with Crippen molar-refractivity contribution >= 4 is 5.78 Å². The maximum atomic E-state index is 14.4. The van der Waals surface area contributed by atoms with E-state index in [1.54, 1.807) is 0 Å². The van der Waals surface area contributed by atoms with Crippen LogP contribution in [0.5, 0.6) is 0 Å². The third-order valence-corrected chi connectivity index (χ3v) is 8.37. The molecule has 0 radical (unpaired) electrons. The highest BCUT2D eigenvalue weighted by atomic mass is 19.1. The van der Waals surface area contributed by atoms with Crippen molar-refractivity contribution in [3.05, 3.63) is 0 Å². The van der Waals surface area contributed by atoms with Crippen LogP contribution in [-0.2, 0) is 4.79 Å². The van der Waals surface area contributed by atoms with Gasteiger partial charge in [0.25, 0.3) is 0 Å². The van der Waals surface area contributed by atoms with Crippen LogP contribution in [0.3, 0.4) is 0 Å². The molecule has 4 rings (SSSR count). The molecule has 0 amide bonds. The first-order valence-corrected chi connectivity index (χ1v) is 9.11. The smallest absolute Gasteiger partial charge is 0.133 e. The largest absolute Gasteiger partial charge is 0.300 e. The summed E-state index contributed by atoms with van der Waals surface area (Å²) in [5.41, 5.74) is 0.335. The number of halogens is 1. The minimum atomic E-state index is -0.568. The van der Waals surface area contributed by atoms with Gasteiger partial charge in [0.05, 0.1) is 0 Å². The summed E-state index contributed by atoms with van der Waals surface area (Å²) in [4.78, 5) is 11.8. The number of fused-ring (bicyclic) bond motifs is 5. The zero-order chi connectivity index (χ0) is 14.8. The van der Waals surface area contributed by atoms with Gasteiger partial charge in [0, 0.05) is 18.3 Å². The van der Waals surface area contributed by atoms with E-state index in [-0.39, 0.29) is 5.41 Å². The van der Waals surface area contributed by atoms with Gasteiger partial charge < -0.3 is 0 Å². The number of carbonyl (C=O) groups is 1. The van der Waals surface area contributed by atoms with Gasteiger partial charge in [-0.05, 0) is 74.0 Å². The first-order chi connectivity index (χ1) is 9.95. The number of alkyl halides is 1. The molecular formula is C19H29FO. The van der Waals surface area contributed by atoms with E-state index in [1.807, 2.05) is 0 Å². The van der Waals surface area contributed by atoms with Gasteiger partial charge in [-0.1, -0.05) is 13.8 Å². The topological polar surface area (TPSA) is 17.1 Å². The van der Waals surface area contributed by atoms with Gasteiger partial charge in [-0.2, -0.15) is 0 Å². The first kappa shape index (κ1) is 14.2. The van der Waals surface area contributed by atoms with Gasteiger partial charge in [0.2, 0.25) is 0 Å². The third-order valence-electron chi connectivity index (χ3n) is 8.37. The third kappa shape index (κ3) is 1.83. The van der Waals surface area contributed by atoms with Gasteiger partial charge in [-0.3, -0.25) is 4.79 Å². The summed E-state index contributed by atoms with van der Waals surface area (Å²) in [5.74, 6) is 3.21. The lowest BCUT2D eigenvalue weighted by Crippen LogP contribution is -2.53. The molecule has 0 aromatic rings. The molecule has 0 aromatic carbocycles. The molecule has 4 saturated carbocycles. The van der Waals surface area contributed by atoms with Crippen LogP contribution in [0.1, 0.15) is 71.6 Å². The van der Waals surface area contributed by atoms with E-state index in [9.17, 15) is 9.18 Å². The Bertz CT molecular complexity index is 460. The van der Waals surface area contributed by atoms with Crippen LogP contribution in [0.4, 0.5) is 4.39 Å². The lowest BCUT2D eigenvalue weighted by molar-refractivity contribution is -0.139. The second-order valence-corrected chi connectivity index (χ2v) is 8.99. The minimum absolute atomic E-state index is 0.0329. The minimum Gasteiger partial charge on any atom is -0.300 e. The Morgan fingerprint density at radius 1 is 0.952 bits per heavy atom. The van der Waals surface area contributed by atoms with Gasteiger partial charge in [-0.15, -0.1) is 0 Å². The molecule has 118 valence electrons. The van der Waals surface area contributed by atoms with Crippen molar-refractivity contribution in [3.63, 3.8) is 0 Å². The van der Waals surface area contributed by atoms with Gasteiger partial charge in [-0.25, -0.2) is 4.39 Å². The molecule has 0 bridgehead atoms. The number of rotatable bonds is 0. The van der Waals surface area contributed by atoms with Gasteiger partial charge >= 0.3 is 0 Å². The van der Waals surface area contributed by atoms with Crippen molar-refractivity contribution in [2.24, 2.45) is 34.5 Å². The SMILES string of the molecule is C[C@]12CCC(=O)C[C@@H]1CC[C@@H]1[C@@H]2CC[C@@]2(C)[C@H](F)CC[C@@H]12. The fourth-order valence-electron chi connectivity index (χ4n) is 6.98. The Labute approximate surface area is 128 Å². The average Bonchev–Trinajstić information content (AvgIpc) is 2.76. The van der Waals surface area contributed by atoms with Crippen LogP contribution >= 0.6 is 0 Å². The fraction of sp³-hybridized carbons (Fsp3) is 0.947. The summed E-state index contributed by atoms with van der Waals surface area (Å²) >= 11 is 0. The molecule has 4 aliphatic rings. The molecule has 0 aliphatic heterocycles. The molecule has 0 heterocycles. The highest BCUT2D eigenvalue weighted by Gasteiger charge is 2.60. The Morgan fingerprint density at radius 3 is 2.52 bits per heavy atom. The van der Waals surface area contributed by atoms with E-state index in [4.69, 9.17) is 0 Å². The van der Waals surface area contributed by atoms with Crippen molar-refractivity contribution in [1.29, 1.82) is 0 Å². The lowest BCUT2D eigenvalue weighted by Gasteiger charge is -2.59. The molecule has 0 unspecified atom stereocenters. The highest BCUT2D eigenvalue weighted by Crippen LogP contribution is 2.66. The summed E-state index contributed by atoms with van der Waals surface area (Å²) in [6, 6.07) is 0. The normalized spacial score (nSPS) is 56.5. The quantitative estimate of drug-likeness (QED) is 0.618. The van der Waals surface area contributed by atoms with Crippen LogP contribution < -0.4 is 0 Å². The molecular weight excluding hydrogens is 263 g/mol. The van der Waals surface area contributed by atoms with Crippen molar-refractivity contribution in [3.8, 4) is 0 Å². The number of Topliss-reactive ketones (excluding diaryl/α,β-unsaturated/α-hetero) is 1. The van der Waals surface area contributed by atoms with E-state index in [0.717, 1.165) is 50.4 Å². The lowest BCUT2D eigenvalue weighted by atomic mass is 9.45. The number of carbonyl (C=O) groups excluding carboxylic acids is 1. The predicted molar refractivity (Wildman–Crippen MR) is 81.6 cm³/mol. The van der Waals surface area contributed by atoms with E-state index >= 15 is 0 Å². The predicted octanol–water partition coefficient (Wildman–Crippen LogP) is 4.94. The molecule has 0 saturated heterocycles. The fourth-order valence-corrected chi connectivity index (χ4v) is 6.98.